The molecule has 26 heteroatoms. The Labute approximate surface area is 438 Å². The van der Waals surface area contributed by atoms with E-state index in [1.54, 1.807) is 47.4 Å². The molecule has 4 aromatic rings. The van der Waals surface area contributed by atoms with Gasteiger partial charge in [-0.1, -0.05) is 24.3 Å². The topological polar surface area (TPSA) is 205 Å². The summed E-state index contributed by atoms with van der Waals surface area (Å²) in [5.41, 5.74) is -2.72. The summed E-state index contributed by atoms with van der Waals surface area (Å²) < 4.78 is 136. The minimum absolute atomic E-state index is 0.0106. The Kier molecular flexibility index (Phi) is 17.7. The Morgan fingerprint density at radius 2 is 1.31 bits per heavy atom. The first kappa shape index (κ1) is 58.1. The average Bonchev–Trinajstić information content (AvgIpc) is 4.10. The second-order valence-corrected chi connectivity index (χ2v) is 20.5. The Bertz CT molecular complexity index is 2690. The molecular weight excluding hydrogens is 1030 g/mol. The number of halogens is 8. The minimum Gasteiger partial charge on any atom is -0.453 e. The van der Waals surface area contributed by atoms with Crippen molar-refractivity contribution < 1.29 is 73.6 Å². The second-order valence-electron chi connectivity index (χ2n) is 20.5. The number of carbonyl (C=O) groups is 4. The highest BCUT2D eigenvalue weighted by molar-refractivity contribution is 5.87. The zero-order valence-electron chi connectivity index (χ0n) is 43.1. The maximum absolute atomic E-state index is 16.2. The number of alkyl halides is 6. The highest BCUT2D eigenvalue weighted by Gasteiger charge is 2.57. The SMILES string of the molecule is COC(=O)N[C@H](C(=O)N[C@@H](Cc1ccc(-c2ccc(N3CCN(C4COC4)CC3)nc2)cc1)[C@@H](O)CN(Cc1c(F)cc(-c2ccn(C3CC3)n2)cc1F)NC(=O)[C@@H](NC(=O)OC)C(C)(C)C(F)(F)F)C(C)(C)C(F)(F)F. The van der Waals surface area contributed by atoms with Crippen molar-refractivity contribution in [3.63, 3.8) is 0 Å². The van der Waals surface area contributed by atoms with E-state index >= 15 is 8.78 Å². The van der Waals surface area contributed by atoms with Crippen molar-refractivity contribution in [2.24, 2.45) is 10.8 Å². The molecule has 0 unspecified atom stereocenters. The lowest BCUT2D eigenvalue weighted by atomic mass is 9.82. The van der Waals surface area contributed by atoms with Crippen LogP contribution >= 0.6 is 0 Å². The van der Waals surface area contributed by atoms with Crippen molar-refractivity contribution >= 4 is 29.8 Å². The van der Waals surface area contributed by atoms with E-state index in [0.29, 0.717) is 55.4 Å². The van der Waals surface area contributed by atoms with Crippen LogP contribution in [-0.4, -0.2) is 157 Å². The number of amides is 4. The normalized spacial score (nSPS) is 17.4. The number of methoxy groups -OCH3 is 2. The van der Waals surface area contributed by atoms with Crippen LogP contribution in [0.4, 0.5) is 50.5 Å². The van der Waals surface area contributed by atoms with E-state index in [2.05, 4.69) is 40.1 Å². The fourth-order valence-electron chi connectivity index (χ4n) is 8.81. The number of aromatic nitrogens is 3. The first-order valence-corrected chi connectivity index (χ1v) is 24.7. The molecule has 2 aromatic heterocycles. The number of alkyl carbamates (subject to hydrolysis) is 2. The van der Waals surface area contributed by atoms with E-state index in [0.717, 1.165) is 84.4 Å². The fourth-order valence-corrected chi connectivity index (χ4v) is 8.81. The molecule has 7 rings (SSSR count). The lowest BCUT2D eigenvalue weighted by molar-refractivity contribution is -0.221. The summed E-state index contributed by atoms with van der Waals surface area (Å²) in [6, 6.07) is 7.67. The molecule has 1 aliphatic carbocycles. The van der Waals surface area contributed by atoms with E-state index in [1.165, 1.54) is 0 Å². The standard InChI is InChI=1S/C51H62F8N10O8/c1-48(2,50(54,55)56)42(62-46(73)75-5)44(71)61-39(21-29-7-9-30(10-8-29)31-11-14-41(60-24-31)67-19-17-66(18-20-67)34-27-77-28-34)40(70)26-68(65-45(72)43(63-47(74)76-6)49(3,4)51(57,58)59)25-35-36(52)22-32(23-37(35)53)38-15-16-69(64-38)33-12-13-33/h7-11,14-16,22-24,33-34,39-40,42-43,70H,12-13,17-21,25-28H2,1-6H3,(H,61,71)(H,62,73)(H,63,74)(H,65,72)/t39-,40-,42+,43+/m0/s1. The monoisotopic (exact) mass is 1090 g/mol. The van der Waals surface area contributed by atoms with E-state index < -0.39 is 108 Å². The predicted molar refractivity (Wildman–Crippen MR) is 262 cm³/mol. The third kappa shape index (κ3) is 13.7. The number of hydrazine groups is 1. The third-order valence-corrected chi connectivity index (χ3v) is 14.4. The van der Waals surface area contributed by atoms with Crippen molar-refractivity contribution in [2.75, 3.05) is 65.1 Å². The maximum Gasteiger partial charge on any atom is 0.407 e. The van der Waals surface area contributed by atoms with Gasteiger partial charge < -0.3 is 40.2 Å². The zero-order chi connectivity index (χ0) is 56.2. The lowest BCUT2D eigenvalue weighted by Crippen LogP contribution is -2.63. The first-order valence-electron chi connectivity index (χ1n) is 24.7. The van der Waals surface area contributed by atoms with Gasteiger partial charge in [0.15, 0.2) is 0 Å². The van der Waals surface area contributed by atoms with Crippen molar-refractivity contribution in [1.82, 2.24) is 46.0 Å². The van der Waals surface area contributed by atoms with Crippen LogP contribution in [0, 0.1) is 22.5 Å². The second kappa shape index (κ2) is 23.5. The summed E-state index contributed by atoms with van der Waals surface area (Å²) in [5.74, 6) is -4.74. The summed E-state index contributed by atoms with van der Waals surface area (Å²) in [6.45, 7) is 5.13. The molecule has 420 valence electrons. The molecule has 2 aromatic carbocycles. The van der Waals surface area contributed by atoms with Gasteiger partial charge >= 0.3 is 24.5 Å². The number of aliphatic hydroxyl groups excluding tert-OH is 1. The number of anilines is 1. The molecule has 3 fully saturated rings. The van der Waals surface area contributed by atoms with Gasteiger partial charge in [0.2, 0.25) is 5.91 Å². The molecular formula is C51H62F8N10O8. The summed E-state index contributed by atoms with van der Waals surface area (Å²) in [6.07, 6.45) is -10.6. The van der Waals surface area contributed by atoms with Gasteiger partial charge in [0, 0.05) is 68.4 Å². The highest BCUT2D eigenvalue weighted by Crippen LogP contribution is 2.42. The Morgan fingerprint density at radius 3 is 1.81 bits per heavy atom. The Morgan fingerprint density at radius 1 is 0.753 bits per heavy atom. The first-order chi connectivity index (χ1) is 36.2. The van der Waals surface area contributed by atoms with Crippen molar-refractivity contribution in [1.29, 1.82) is 0 Å². The molecule has 4 atom stereocenters. The van der Waals surface area contributed by atoms with Crippen LogP contribution < -0.4 is 26.3 Å². The molecule has 77 heavy (non-hydrogen) atoms. The van der Waals surface area contributed by atoms with Crippen LogP contribution in [0.1, 0.15) is 57.7 Å². The van der Waals surface area contributed by atoms with Gasteiger partial charge in [-0.15, -0.1) is 0 Å². The van der Waals surface area contributed by atoms with E-state index in [4.69, 9.17) is 4.74 Å². The van der Waals surface area contributed by atoms with Crippen molar-refractivity contribution in [2.45, 2.75) is 102 Å². The molecule has 0 bridgehead atoms. The predicted octanol–water partition coefficient (Wildman–Crippen LogP) is 6.29. The van der Waals surface area contributed by atoms with Gasteiger partial charge in [-0.25, -0.2) is 28.4 Å². The smallest absolute Gasteiger partial charge is 0.407 e. The van der Waals surface area contributed by atoms with Crippen molar-refractivity contribution in [3.05, 3.63) is 89.8 Å². The zero-order valence-corrected chi connectivity index (χ0v) is 43.1. The molecule has 0 spiro atoms. The average molecular weight is 1100 g/mol. The molecule has 2 aliphatic heterocycles. The molecule has 3 aliphatic rings. The number of hydrogen-bond acceptors (Lipinski definition) is 13. The molecule has 1 saturated carbocycles. The lowest BCUT2D eigenvalue weighted by Gasteiger charge is -2.42. The fraction of sp³-hybridized carbons (Fsp3) is 0.529. The summed E-state index contributed by atoms with van der Waals surface area (Å²) >= 11 is 0. The van der Waals surface area contributed by atoms with E-state index in [9.17, 15) is 50.6 Å². The van der Waals surface area contributed by atoms with Gasteiger partial charge in [-0.2, -0.15) is 31.4 Å². The number of rotatable bonds is 20. The van der Waals surface area contributed by atoms with Crippen LogP contribution in [0.3, 0.4) is 0 Å². The molecule has 4 amide bonds. The van der Waals surface area contributed by atoms with Gasteiger partial charge in [0.05, 0.1) is 68.2 Å². The van der Waals surface area contributed by atoms with E-state index in [-0.39, 0.29) is 17.3 Å². The van der Waals surface area contributed by atoms with Crippen LogP contribution in [0.2, 0.25) is 0 Å². The maximum atomic E-state index is 16.2. The number of aliphatic hydroxyl groups is 1. The quantitative estimate of drug-likeness (QED) is 0.0488. The van der Waals surface area contributed by atoms with Crippen LogP contribution in [0.15, 0.2) is 67.0 Å². The number of carbonyl (C=O) groups excluding carboxylic acids is 4. The number of pyridine rings is 1. The van der Waals surface area contributed by atoms with Gasteiger partial charge in [-0.05, 0) is 88.4 Å². The summed E-state index contributed by atoms with van der Waals surface area (Å²) in [7, 11) is 1.68. The molecule has 18 nitrogen and oxygen atoms in total. The number of ether oxygens (including phenoxy) is 3. The largest absolute Gasteiger partial charge is 0.453 e. The molecule has 5 N–H and O–H groups in total. The number of piperazine rings is 1. The van der Waals surface area contributed by atoms with Crippen LogP contribution in [0.25, 0.3) is 22.4 Å². The number of benzene rings is 2. The minimum atomic E-state index is -5.17. The van der Waals surface area contributed by atoms with Gasteiger partial charge in [0.1, 0.15) is 29.5 Å². The third-order valence-electron chi connectivity index (χ3n) is 14.4. The molecule has 2 saturated heterocycles. The number of nitrogens with zero attached hydrogens (tertiary/aromatic N) is 6. The molecule has 4 heterocycles. The van der Waals surface area contributed by atoms with Gasteiger partial charge in [0.25, 0.3) is 5.91 Å². The Balaban J connectivity index is 1.20. The van der Waals surface area contributed by atoms with Gasteiger partial charge in [-0.3, -0.25) is 24.6 Å². The number of nitrogens with one attached hydrogen (secondary N) is 4. The summed E-state index contributed by atoms with van der Waals surface area (Å²) in [4.78, 5) is 62.3. The number of hydrogen-bond donors (Lipinski definition) is 5. The van der Waals surface area contributed by atoms with E-state index in [1.807, 2.05) is 22.8 Å². The van der Waals surface area contributed by atoms with Crippen molar-refractivity contribution in [3.8, 4) is 22.4 Å². The van der Waals surface area contributed by atoms with Crippen LogP contribution in [-0.2, 0) is 36.8 Å². The Hall–Kier alpha value is -6.64. The summed E-state index contributed by atoms with van der Waals surface area (Å²) in [5, 5.41) is 23.2. The van der Waals surface area contributed by atoms with Crippen LogP contribution in [0.5, 0.6) is 0 Å². The molecule has 0 radical (unpaired) electrons. The highest BCUT2D eigenvalue weighted by atomic mass is 19.4.